The molecule has 0 radical (unpaired) electrons. The van der Waals surface area contributed by atoms with Crippen LogP contribution in [0.4, 0.5) is 8.78 Å². The molecule has 94 valence electrons. The Kier molecular flexibility index (Phi) is 3.44. The summed E-state index contributed by atoms with van der Waals surface area (Å²) in [5, 5.41) is 2.96. The van der Waals surface area contributed by atoms with Crippen LogP contribution in [-0.4, -0.2) is 27.3 Å². The highest BCUT2D eigenvalue weighted by atomic mass is 32.2. The van der Waals surface area contributed by atoms with Gasteiger partial charge in [0.05, 0.1) is 11.5 Å². The quantitative estimate of drug-likeness (QED) is 0.883. The smallest absolute Gasteiger partial charge is 0.155 e. The molecule has 1 N–H and O–H groups in total. The largest absolute Gasteiger partial charge is 0.316 e. The van der Waals surface area contributed by atoms with Gasteiger partial charge in [-0.25, -0.2) is 17.2 Å². The van der Waals surface area contributed by atoms with Crippen LogP contribution in [0, 0.1) is 17.6 Å². The van der Waals surface area contributed by atoms with Gasteiger partial charge in [-0.15, -0.1) is 0 Å². The van der Waals surface area contributed by atoms with E-state index < -0.39 is 27.2 Å². The SMILES string of the molecule is O=S(=O)(Cc1c(F)cccc1F)CC1CNC1. The van der Waals surface area contributed by atoms with Crippen LogP contribution in [-0.2, 0) is 15.6 Å². The van der Waals surface area contributed by atoms with Crippen LogP contribution >= 0.6 is 0 Å². The summed E-state index contributed by atoms with van der Waals surface area (Å²) in [6, 6.07) is 3.36. The second kappa shape index (κ2) is 4.70. The molecule has 2 rings (SSSR count). The molecular weight excluding hydrogens is 248 g/mol. The molecule has 0 spiro atoms. The van der Waals surface area contributed by atoms with Gasteiger partial charge in [0, 0.05) is 18.7 Å². The van der Waals surface area contributed by atoms with Crippen LogP contribution < -0.4 is 5.32 Å². The second-order valence-electron chi connectivity index (χ2n) is 4.28. The predicted molar refractivity (Wildman–Crippen MR) is 60.2 cm³/mol. The van der Waals surface area contributed by atoms with Gasteiger partial charge >= 0.3 is 0 Å². The van der Waals surface area contributed by atoms with Gasteiger partial charge < -0.3 is 5.32 Å². The van der Waals surface area contributed by atoms with E-state index in [1.54, 1.807) is 0 Å². The van der Waals surface area contributed by atoms with Gasteiger partial charge in [-0.3, -0.25) is 0 Å². The van der Waals surface area contributed by atoms with E-state index in [1.807, 2.05) is 0 Å². The van der Waals surface area contributed by atoms with Gasteiger partial charge in [-0.05, 0) is 18.1 Å². The number of rotatable bonds is 4. The molecule has 1 aliphatic heterocycles. The average Bonchev–Trinajstić information content (AvgIpc) is 2.18. The maximum atomic E-state index is 13.3. The molecule has 0 atom stereocenters. The molecular formula is C11H13F2NO2S. The molecule has 0 amide bonds. The molecule has 0 saturated carbocycles. The lowest BCUT2D eigenvalue weighted by atomic mass is 10.1. The van der Waals surface area contributed by atoms with Crippen molar-refractivity contribution in [3.63, 3.8) is 0 Å². The summed E-state index contributed by atoms with van der Waals surface area (Å²) in [5.74, 6) is -2.13. The third-order valence-electron chi connectivity index (χ3n) is 2.78. The summed E-state index contributed by atoms with van der Waals surface area (Å²) >= 11 is 0. The zero-order valence-corrected chi connectivity index (χ0v) is 9.93. The topological polar surface area (TPSA) is 46.2 Å². The monoisotopic (exact) mass is 261 g/mol. The van der Waals surface area contributed by atoms with Gasteiger partial charge in [0.15, 0.2) is 9.84 Å². The Morgan fingerprint density at radius 2 is 1.82 bits per heavy atom. The molecule has 1 heterocycles. The van der Waals surface area contributed by atoms with E-state index in [9.17, 15) is 17.2 Å². The molecule has 1 fully saturated rings. The van der Waals surface area contributed by atoms with Crippen LogP contribution in [0.2, 0.25) is 0 Å². The summed E-state index contributed by atoms with van der Waals surface area (Å²) in [6.45, 7) is 1.30. The molecule has 0 unspecified atom stereocenters. The van der Waals surface area contributed by atoms with E-state index >= 15 is 0 Å². The number of halogens is 2. The number of hydrogen-bond donors (Lipinski definition) is 1. The van der Waals surface area contributed by atoms with Crippen molar-refractivity contribution in [1.29, 1.82) is 0 Å². The van der Waals surface area contributed by atoms with E-state index in [0.717, 1.165) is 12.1 Å². The highest BCUT2D eigenvalue weighted by molar-refractivity contribution is 7.90. The van der Waals surface area contributed by atoms with Crippen LogP contribution in [0.15, 0.2) is 18.2 Å². The zero-order chi connectivity index (χ0) is 12.5. The van der Waals surface area contributed by atoms with Crippen molar-refractivity contribution in [3.05, 3.63) is 35.4 Å². The van der Waals surface area contributed by atoms with E-state index in [0.29, 0.717) is 13.1 Å². The first-order valence-corrected chi connectivity index (χ1v) is 7.14. The molecule has 6 heteroatoms. The first kappa shape index (κ1) is 12.4. The molecule has 3 nitrogen and oxygen atoms in total. The molecule has 0 bridgehead atoms. The Bertz CT molecular complexity index is 492. The maximum Gasteiger partial charge on any atom is 0.155 e. The van der Waals surface area contributed by atoms with Gasteiger partial charge in [0.2, 0.25) is 0 Å². The van der Waals surface area contributed by atoms with Gasteiger partial charge in [-0.2, -0.15) is 0 Å². The van der Waals surface area contributed by atoms with Gasteiger partial charge in [0.25, 0.3) is 0 Å². The van der Waals surface area contributed by atoms with E-state index in [2.05, 4.69) is 5.32 Å². The third kappa shape index (κ3) is 3.01. The minimum Gasteiger partial charge on any atom is -0.316 e. The number of nitrogens with one attached hydrogen (secondary N) is 1. The lowest BCUT2D eigenvalue weighted by Crippen LogP contribution is -2.45. The first-order valence-electron chi connectivity index (χ1n) is 5.32. The van der Waals surface area contributed by atoms with Crippen molar-refractivity contribution in [3.8, 4) is 0 Å². The molecule has 1 aromatic rings. The summed E-state index contributed by atoms with van der Waals surface area (Å²) in [7, 11) is -3.46. The second-order valence-corrected chi connectivity index (χ2v) is 6.39. The minimum atomic E-state index is -3.46. The van der Waals surface area contributed by atoms with Crippen LogP contribution in [0.1, 0.15) is 5.56 Å². The zero-order valence-electron chi connectivity index (χ0n) is 9.12. The van der Waals surface area contributed by atoms with Gasteiger partial charge in [-0.1, -0.05) is 6.07 Å². The summed E-state index contributed by atoms with van der Waals surface area (Å²) < 4.78 is 50.1. The molecule has 0 aromatic heterocycles. The van der Waals surface area contributed by atoms with Crippen molar-refractivity contribution < 1.29 is 17.2 Å². The Morgan fingerprint density at radius 3 is 2.29 bits per heavy atom. The fourth-order valence-corrected chi connectivity index (χ4v) is 3.56. The van der Waals surface area contributed by atoms with Crippen LogP contribution in [0.3, 0.4) is 0 Å². The lowest BCUT2D eigenvalue weighted by Gasteiger charge is -2.26. The summed E-state index contributed by atoms with van der Waals surface area (Å²) in [4.78, 5) is 0. The molecule has 17 heavy (non-hydrogen) atoms. The van der Waals surface area contributed by atoms with Crippen molar-refractivity contribution in [2.45, 2.75) is 5.75 Å². The highest BCUT2D eigenvalue weighted by Crippen LogP contribution is 2.18. The van der Waals surface area contributed by atoms with E-state index in [4.69, 9.17) is 0 Å². The van der Waals surface area contributed by atoms with Crippen molar-refractivity contribution in [2.24, 2.45) is 5.92 Å². The maximum absolute atomic E-state index is 13.3. The standard InChI is InChI=1S/C11H13F2NO2S/c12-10-2-1-3-11(13)9(10)7-17(15,16)6-8-4-14-5-8/h1-3,8,14H,4-7H2. The molecule has 1 saturated heterocycles. The fourth-order valence-electron chi connectivity index (χ4n) is 1.77. The van der Waals surface area contributed by atoms with Crippen LogP contribution in [0.25, 0.3) is 0 Å². The summed E-state index contributed by atoms with van der Waals surface area (Å²) in [6.07, 6.45) is 0. The molecule has 1 aliphatic rings. The highest BCUT2D eigenvalue weighted by Gasteiger charge is 2.26. The van der Waals surface area contributed by atoms with Gasteiger partial charge in [0.1, 0.15) is 11.6 Å². The number of sulfone groups is 1. The molecule has 1 aromatic carbocycles. The normalized spacial score (nSPS) is 16.8. The minimum absolute atomic E-state index is 0.0201. The summed E-state index contributed by atoms with van der Waals surface area (Å²) in [5.41, 5.74) is -0.361. The molecule has 0 aliphatic carbocycles. The Morgan fingerprint density at radius 1 is 1.24 bits per heavy atom. The fraction of sp³-hybridized carbons (Fsp3) is 0.455. The Labute approximate surface area is 98.8 Å². The lowest BCUT2D eigenvalue weighted by molar-refractivity contribution is 0.378. The van der Waals surface area contributed by atoms with E-state index in [-0.39, 0.29) is 17.2 Å². The predicted octanol–water partition coefficient (Wildman–Crippen LogP) is 1.10. The first-order chi connectivity index (χ1) is 7.98. The van der Waals surface area contributed by atoms with E-state index in [1.165, 1.54) is 6.07 Å². The Balaban J connectivity index is 2.13. The Hall–Kier alpha value is -1.01. The van der Waals surface area contributed by atoms with Crippen molar-refractivity contribution >= 4 is 9.84 Å². The van der Waals surface area contributed by atoms with Crippen molar-refractivity contribution in [1.82, 2.24) is 5.32 Å². The number of hydrogen-bond acceptors (Lipinski definition) is 3. The number of benzene rings is 1. The van der Waals surface area contributed by atoms with Crippen LogP contribution in [0.5, 0.6) is 0 Å². The third-order valence-corrected chi connectivity index (χ3v) is 4.49. The average molecular weight is 261 g/mol. The van der Waals surface area contributed by atoms with Crippen molar-refractivity contribution in [2.75, 3.05) is 18.8 Å².